The van der Waals surface area contributed by atoms with Crippen LogP contribution in [-0.4, -0.2) is 14.5 Å². The third-order valence-corrected chi connectivity index (χ3v) is 2.56. The Labute approximate surface area is 99.5 Å². The van der Waals surface area contributed by atoms with Crippen molar-refractivity contribution in [3.05, 3.63) is 58.6 Å². The molecule has 2 aromatic heterocycles. The van der Waals surface area contributed by atoms with Crippen LogP contribution in [-0.2, 0) is 0 Å². The van der Waals surface area contributed by atoms with E-state index in [4.69, 9.17) is 0 Å². The third kappa shape index (κ3) is 1.58. The molecular weight excluding hydrogens is 240 g/mol. The number of fused-ring (bicyclic) bond motifs is 1. The molecule has 0 aliphatic heterocycles. The Morgan fingerprint density at radius 2 is 1.89 bits per heavy atom. The van der Waals surface area contributed by atoms with E-state index >= 15 is 0 Å². The van der Waals surface area contributed by atoms with Crippen molar-refractivity contribution in [2.75, 3.05) is 0 Å². The number of hydrogen-bond donors (Lipinski definition) is 1. The number of halogens is 2. The topological polar surface area (TPSA) is 50.7 Å². The minimum Gasteiger partial charge on any atom is -0.290 e. The largest absolute Gasteiger partial charge is 0.332 e. The summed E-state index contributed by atoms with van der Waals surface area (Å²) in [6, 6.07) is 6.21. The van der Waals surface area contributed by atoms with E-state index in [1.54, 1.807) is 12.1 Å². The van der Waals surface area contributed by atoms with Gasteiger partial charge in [0.2, 0.25) is 0 Å². The van der Waals surface area contributed by atoms with Gasteiger partial charge in [0.25, 0.3) is 0 Å². The summed E-state index contributed by atoms with van der Waals surface area (Å²) >= 11 is 0. The van der Waals surface area contributed by atoms with Gasteiger partial charge >= 0.3 is 5.69 Å². The summed E-state index contributed by atoms with van der Waals surface area (Å²) in [5.41, 5.74) is 0.463. The molecule has 0 fully saturated rings. The highest BCUT2D eigenvalue weighted by molar-refractivity contribution is 5.72. The van der Waals surface area contributed by atoms with Gasteiger partial charge in [-0.2, -0.15) is 0 Å². The lowest BCUT2D eigenvalue weighted by Gasteiger charge is -2.03. The number of benzene rings is 1. The minimum absolute atomic E-state index is 0.122. The van der Waals surface area contributed by atoms with Crippen LogP contribution >= 0.6 is 0 Å². The van der Waals surface area contributed by atoms with Crippen LogP contribution in [0.25, 0.3) is 16.9 Å². The third-order valence-electron chi connectivity index (χ3n) is 2.56. The molecule has 0 bridgehead atoms. The Hall–Kier alpha value is -2.50. The van der Waals surface area contributed by atoms with E-state index in [2.05, 4.69) is 9.97 Å². The van der Waals surface area contributed by atoms with Gasteiger partial charge in [-0.25, -0.2) is 18.6 Å². The predicted octanol–water partition coefficient (Wildman–Crippen LogP) is 1.99. The Bertz CT molecular complexity index is 771. The van der Waals surface area contributed by atoms with Gasteiger partial charge in [0.05, 0.1) is 11.2 Å². The molecule has 6 heteroatoms. The van der Waals surface area contributed by atoms with E-state index in [-0.39, 0.29) is 5.69 Å². The van der Waals surface area contributed by atoms with E-state index in [1.165, 1.54) is 10.8 Å². The first-order chi connectivity index (χ1) is 8.65. The Morgan fingerprint density at radius 1 is 1.17 bits per heavy atom. The SMILES string of the molecule is O=c1[nH]c2ncccc2n1-c1cc(F)cc(F)c1. The minimum atomic E-state index is -0.741. The molecule has 0 unspecified atom stereocenters. The van der Waals surface area contributed by atoms with Crippen LogP contribution in [0, 0.1) is 11.6 Å². The molecule has 0 aliphatic rings. The van der Waals surface area contributed by atoms with Crippen molar-refractivity contribution in [1.29, 1.82) is 0 Å². The molecule has 0 saturated heterocycles. The quantitative estimate of drug-likeness (QED) is 0.715. The van der Waals surface area contributed by atoms with Crippen molar-refractivity contribution in [2.45, 2.75) is 0 Å². The zero-order chi connectivity index (χ0) is 12.7. The van der Waals surface area contributed by atoms with Crippen molar-refractivity contribution in [1.82, 2.24) is 14.5 Å². The number of imidazole rings is 1. The van der Waals surface area contributed by atoms with Gasteiger partial charge in [-0.3, -0.25) is 9.55 Å². The monoisotopic (exact) mass is 247 g/mol. The molecule has 2 heterocycles. The van der Waals surface area contributed by atoms with Crippen LogP contribution in [0.2, 0.25) is 0 Å². The van der Waals surface area contributed by atoms with Gasteiger partial charge in [0.1, 0.15) is 11.6 Å². The number of H-pyrrole nitrogens is 1. The fraction of sp³-hybridized carbons (Fsp3) is 0. The normalized spacial score (nSPS) is 11.0. The van der Waals surface area contributed by atoms with Crippen LogP contribution in [0.4, 0.5) is 8.78 Å². The maximum Gasteiger partial charge on any atom is 0.332 e. The molecule has 3 aromatic rings. The van der Waals surface area contributed by atoms with E-state index < -0.39 is 17.3 Å². The van der Waals surface area contributed by atoms with Gasteiger partial charge in [-0.1, -0.05) is 0 Å². The summed E-state index contributed by atoms with van der Waals surface area (Å²) in [5, 5.41) is 0. The van der Waals surface area contributed by atoms with Crippen molar-refractivity contribution >= 4 is 11.2 Å². The maximum absolute atomic E-state index is 13.2. The fourth-order valence-electron chi connectivity index (χ4n) is 1.86. The summed E-state index contributed by atoms with van der Waals surface area (Å²) < 4.78 is 27.5. The van der Waals surface area contributed by atoms with E-state index in [9.17, 15) is 13.6 Å². The Balaban J connectivity index is 2.37. The van der Waals surface area contributed by atoms with Crippen LogP contribution in [0.15, 0.2) is 41.3 Å². The number of hydrogen-bond acceptors (Lipinski definition) is 2. The van der Waals surface area contributed by atoms with Gasteiger partial charge in [0.15, 0.2) is 5.65 Å². The standard InChI is InChI=1S/C12H7F2N3O/c13-7-4-8(14)6-9(5-7)17-10-2-1-3-15-11(10)16-12(17)18/h1-6H,(H,15,16,18). The van der Waals surface area contributed by atoms with Gasteiger partial charge in [-0.05, 0) is 24.3 Å². The number of aromatic amines is 1. The number of nitrogens with zero attached hydrogens (tertiary/aromatic N) is 2. The highest BCUT2D eigenvalue weighted by Crippen LogP contribution is 2.16. The average molecular weight is 247 g/mol. The number of aromatic nitrogens is 3. The van der Waals surface area contributed by atoms with Crippen LogP contribution in [0.3, 0.4) is 0 Å². The maximum atomic E-state index is 13.2. The van der Waals surface area contributed by atoms with Crippen LogP contribution in [0.5, 0.6) is 0 Å². The second-order valence-corrected chi connectivity index (χ2v) is 3.76. The van der Waals surface area contributed by atoms with Crippen molar-refractivity contribution in [3.8, 4) is 5.69 Å². The molecule has 1 aromatic carbocycles. The molecule has 90 valence electrons. The fourth-order valence-corrected chi connectivity index (χ4v) is 1.86. The summed E-state index contributed by atoms with van der Waals surface area (Å²) in [6.45, 7) is 0. The molecule has 0 radical (unpaired) electrons. The van der Waals surface area contributed by atoms with Crippen molar-refractivity contribution in [3.63, 3.8) is 0 Å². The first-order valence-corrected chi connectivity index (χ1v) is 5.17. The lowest BCUT2D eigenvalue weighted by Crippen LogP contribution is -2.14. The zero-order valence-electron chi connectivity index (χ0n) is 9.02. The van der Waals surface area contributed by atoms with Crippen LogP contribution < -0.4 is 5.69 Å². The molecule has 18 heavy (non-hydrogen) atoms. The number of nitrogens with one attached hydrogen (secondary N) is 1. The molecule has 0 spiro atoms. The van der Waals surface area contributed by atoms with Crippen molar-refractivity contribution < 1.29 is 8.78 Å². The predicted molar refractivity (Wildman–Crippen MR) is 61.6 cm³/mol. The van der Waals surface area contributed by atoms with E-state index in [0.717, 1.165) is 18.2 Å². The van der Waals surface area contributed by atoms with Gasteiger partial charge in [-0.15, -0.1) is 0 Å². The smallest absolute Gasteiger partial charge is 0.290 e. The summed E-state index contributed by atoms with van der Waals surface area (Å²) in [4.78, 5) is 18.3. The summed E-state index contributed by atoms with van der Waals surface area (Å²) in [7, 11) is 0. The Kier molecular flexibility index (Phi) is 2.22. The highest BCUT2D eigenvalue weighted by atomic mass is 19.1. The molecule has 0 amide bonds. The number of pyridine rings is 1. The van der Waals surface area contributed by atoms with Gasteiger partial charge in [0, 0.05) is 12.3 Å². The van der Waals surface area contributed by atoms with E-state index in [1.807, 2.05) is 0 Å². The van der Waals surface area contributed by atoms with Crippen molar-refractivity contribution in [2.24, 2.45) is 0 Å². The lowest BCUT2D eigenvalue weighted by molar-refractivity contribution is 0.581. The molecular formula is C12H7F2N3O. The molecule has 0 aliphatic carbocycles. The number of rotatable bonds is 1. The molecule has 4 nitrogen and oxygen atoms in total. The first-order valence-electron chi connectivity index (χ1n) is 5.17. The second-order valence-electron chi connectivity index (χ2n) is 3.76. The van der Waals surface area contributed by atoms with E-state index in [0.29, 0.717) is 11.2 Å². The lowest BCUT2D eigenvalue weighted by atomic mass is 10.3. The zero-order valence-corrected chi connectivity index (χ0v) is 9.02. The molecule has 0 saturated carbocycles. The first kappa shape index (κ1) is 10.6. The molecule has 0 atom stereocenters. The Morgan fingerprint density at radius 3 is 2.61 bits per heavy atom. The molecule has 3 rings (SSSR count). The summed E-state index contributed by atoms with van der Waals surface area (Å²) in [6.07, 6.45) is 1.52. The second kappa shape index (κ2) is 3.76. The summed E-state index contributed by atoms with van der Waals surface area (Å²) in [5.74, 6) is -1.48. The molecule has 1 N–H and O–H groups in total. The highest BCUT2D eigenvalue weighted by Gasteiger charge is 2.10. The van der Waals surface area contributed by atoms with Crippen LogP contribution in [0.1, 0.15) is 0 Å². The van der Waals surface area contributed by atoms with Gasteiger partial charge < -0.3 is 0 Å². The average Bonchev–Trinajstić information content (AvgIpc) is 2.63.